The van der Waals surface area contributed by atoms with Gasteiger partial charge >= 0.3 is 0 Å². The van der Waals surface area contributed by atoms with Crippen LogP contribution in [-0.2, 0) is 0 Å². The Morgan fingerprint density at radius 1 is 0.905 bits per heavy atom. The highest BCUT2D eigenvalue weighted by Crippen LogP contribution is 2.22. The molecule has 1 aliphatic rings. The third-order valence-electron chi connectivity index (χ3n) is 4.19. The highest BCUT2D eigenvalue weighted by molar-refractivity contribution is 5.23. The second kappa shape index (κ2) is 9.04. The van der Waals surface area contributed by atoms with Crippen LogP contribution in [0.25, 0.3) is 0 Å². The summed E-state index contributed by atoms with van der Waals surface area (Å²) in [6.07, 6.45) is 13.8. The normalized spacial score (nSPS) is 32.8. The first kappa shape index (κ1) is 18.0. The second-order valence-electron chi connectivity index (χ2n) is 6.73. The Balaban J connectivity index is 3.00. The Kier molecular flexibility index (Phi) is 7.74. The van der Waals surface area contributed by atoms with Crippen molar-refractivity contribution >= 4 is 0 Å². The third-order valence-corrected chi connectivity index (χ3v) is 4.19. The lowest BCUT2D eigenvalue weighted by Crippen LogP contribution is -2.15. The lowest BCUT2D eigenvalue weighted by atomic mass is 9.92. The quantitative estimate of drug-likeness (QED) is 0.611. The van der Waals surface area contributed by atoms with Crippen LogP contribution in [0.3, 0.4) is 0 Å². The predicted octanol–water partition coefficient (Wildman–Crippen LogP) is 5.73. The van der Waals surface area contributed by atoms with E-state index in [-0.39, 0.29) is 6.10 Å². The Labute approximate surface area is 131 Å². The lowest BCUT2D eigenvalue weighted by molar-refractivity contribution is 0.200. The number of hydrogen-bond acceptors (Lipinski definition) is 1. The molecular formula is C20H32O. The molecule has 1 atom stereocenters. The van der Waals surface area contributed by atoms with Gasteiger partial charge in [-0.25, -0.2) is 0 Å². The van der Waals surface area contributed by atoms with Gasteiger partial charge in [-0.1, -0.05) is 54.9 Å². The van der Waals surface area contributed by atoms with Gasteiger partial charge in [0.25, 0.3) is 0 Å². The summed E-state index contributed by atoms with van der Waals surface area (Å²) in [7, 11) is 0. The molecule has 0 aromatic carbocycles. The monoisotopic (exact) mass is 288 g/mol. The summed E-state index contributed by atoms with van der Waals surface area (Å²) in [6.45, 7) is 10.9. The number of aliphatic hydroxyl groups is 1. The van der Waals surface area contributed by atoms with Crippen molar-refractivity contribution in [2.75, 3.05) is 0 Å². The van der Waals surface area contributed by atoms with Gasteiger partial charge in [0.1, 0.15) is 0 Å². The molecule has 1 rings (SSSR count). The maximum Gasteiger partial charge on any atom is 0.0792 e. The van der Waals surface area contributed by atoms with Crippen molar-refractivity contribution in [1.82, 2.24) is 0 Å². The molecule has 0 radical (unpaired) electrons. The first-order valence-corrected chi connectivity index (χ1v) is 8.26. The molecule has 118 valence electrons. The van der Waals surface area contributed by atoms with Crippen molar-refractivity contribution in [3.8, 4) is 0 Å². The smallest absolute Gasteiger partial charge is 0.0792 e. The molecule has 21 heavy (non-hydrogen) atoms. The van der Waals surface area contributed by atoms with Gasteiger partial charge in [0.2, 0.25) is 0 Å². The topological polar surface area (TPSA) is 20.2 Å². The second-order valence-corrected chi connectivity index (χ2v) is 6.73. The molecule has 0 unspecified atom stereocenters. The Morgan fingerprint density at radius 2 is 1.48 bits per heavy atom. The van der Waals surface area contributed by atoms with E-state index in [0.717, 1.165) is 37.7 Å². The maximum absolute atomic E-state index is 10.5. The molecule has 0 saturated carbocycles. The first-order chi connectivity index (χ1) is 9.90. The molecule has 0 aromatic rings. The van der Waals surface area contributed by atoms with Crippen molar-refractivity contribution in [3.63, 3.8) is 0 Å². The molecule has 1 nitrogen and oxygen atoms in total. The summed E-state index contributed by atoms with van der Waals surface area (Å²) >= 11 is 0. The summed E-state index contributed by atoms with van der Waals surface area (Å²) in [5, 5.41) is 10.5. The Morgan fingerprint density at radius 3 is 2.10 bits per heavy atom. The van der Waals surface area contributed by atoms with Gasteiger partial charge in [-0.3, -0.25) is 0 Å². The number of rotatable bonds is 1. The molecule has 0 aliphatic heterocycles. The van der Waals surface area contributed by atoms with Crippen LogP contribution in [0.5, 0.6) is 0 Å². The summed E-state index contributed by atoms with van der Waals surface area (Å²) in [5.41, 5.74) is 5.29. The van der Waals surface area contributed by atoms with E-state index in [2.05, 4.69) is 58.9 Å². The zero-order valence-corrected chi connectivity index (χ0v) is 14.4. The highest BCUT2D eigenvalue weighted by Gasteiger charge is 2.14. The van der Waals surface area contributed by atoms with Gasteiger partial charge in [0, 0.05) is 0 Å². The average Bonchev–Trinajstić information content (AvgIpc) is 2.37. The summed E-state index contributed by atoms with van der Waals surface area (Å²) < 4.78 is 0. The molecule has 0 amide bonds. The zero-order chi connectivity index (χ0) is 15.8. The van der Waals surface area contributed by atoms with E-state index in [1.807, 2.05) is 0 Å². The Bertz CT molecular complexity index is 446. The highest BCUT2D eigenvalue weighted by atomic mass is 16.3. The Hall–Kier alpha value is -1.08. The van der Waals surface area contributed by atoms with Crippen LogP contribution in [0.4, 0.5) is 0 Å². The van der Waals surface area contributed by atoms with Crippen LogP contribution in [0.15, 0.2) is 46.6 Å². The van der Waals surface area contributed by atoms with Gasteiger partial charge in [-0.15, -0.1) is 0 Å². The van der Waals surface area contributed by atoms with E-state index in [9.17, 15) is 5.11 Å². The first-order valence-electron chi connectivity index (χ1n) is 8.26. The van der Waals surface area contributed by atoms with Crippen LogP contribution >= 0.6 is 0 Å². The fourth-order valence-electron chi connectivity index (χ4n) is 2.71. The van der Waals surface area contributed by atoms with Crippen molar-refractivity contribution < 1.29 is 5.11 Å². The van der Waals surface area contributed by atoms with E-state index in [4.69, 9.17) is 0 Å². The van der Waals surface area contributed by atoms with Gasteiger partial charge in [0.15, 0.2) is 0 Å². The van der Waals surface area contributed by atoms with E-state index in [1.54, 1.807) is 0 Å². The largest absolute Gasteiger partial charge is 0.388 e. The lowest BCUT2D eigenvalue weighted by Gasteiger charge is -2.19. The molecule has 1 heteroatoms. The van der Waals surface area contributed by atoms with Crippen LogP contribution in [0.1, 0.15) is 66.7 Å². The van der Waals surface area contributed by atoms with Crippen LogP contribution in [0, 0.1) is 5.92 Å². The molecule has 1 N–H and O–H groups in total. The minimum Gasteiger partial charge on any atom is -0.388 e. The molecule has 0 bridgehead atoms. The minimum absolute atomic E-state index is 0.357. The SMILES string of the molecule is C/C1=C/C=C(/C(C)C)[C@@H](O)C/C(C)=C\CC/C(C)=C\CC1. The van der Waals surface area contributed by atoms with Crippen molar-refractivity contribution in [1.29, 1.82) is 0 Å². The van der Waals surface area contributed by atoms with Gasteiger partial charge in [0.05, 0.1) is 6.10 Å². The van der Waals surface area contributed by atoms with Gasteiger partial charge < -0.3 is 5.11 Å². The molecule has 0 spiro atoms. The van der Waals surface area contributed by atoms with Crippen molar-refractivity contribution in [2.24, 2.45) is 5.92 Å². The summed E-state index contributed by atoms with van der Waals surface area (Å²) in [6, 6.07) is 0. The zero-order valence-electron chi connectivity index (χ0n) is 14.4. The van der Waals surface area contributed by atoms with E-state index in [0.29, 0.717) is 5.92 Å². The average molecular weight is 288 g/mol. The standard InChI is InChI=1S/C20H32O/c1-15(2)19-13-12-17(4)10-6-8-16(3)9-7-11-18(5)14-20(19)21/h8,11-13,15,20-21H,6-7,9-10,14H2,1-5H3/b16-8-,17-12-,18-11-,19-13-/t20-/m0/s1. The van der Waals surface area contributed by atoms with Crippen LogP contribution in [0.2, 0.25) is 0 Å². The summed E-state index contributed by atoms with van der Waals surface area (Å²) in [5.74, 6) is 0.381. The van der Waals surface area contributed by atoms with Gasteiger partial charge in [-0.2, -0.15) is 0 Å². The van der Waals surface area contributed by atoms with Crippen LogP contribution < -0.4 is 0 Å². The molecule has 0 fully saturated rings. The maximum atomic E-state index is 10.5. The molecule has 0 aromatic heterocycles. The van der Waals surface area contributed by atoms with E-state index < -0.39 is 0 Å². The predicted molar refractivity (Wildman–Crippen MR) is 93.3 cm³/mol. The van der Waals surface area contributed by atoms with E-state index in [1.165, 1.54) is 16.7 Å². The minimum atomic E-state index is -0.357. The van der Waals surface area contributed by atoms with E-state index >= 15 is 0 Å². The van der Waals surface area contributed by atoms with Gasteiger partial charge in [-0.05, 0) is 64.4 Å². The van der Waals surface area contributed by atoms with Crippen LogP contribution in [-0.4, -0.2) is 11.2 Å². The number of allylic oxidation sites excluding steroid dienone is 6. The molecular weight excluding hydrogens is 256 g/mol. The fraction of sp³-hybridized carbons (Fsp3) is 0.600. The molecule has 0 heterocycles. The molecule has 0 saturated heterocycles. The fourth-order valence-corrected chi connectivity index (χ4v) is 2.71. The number of hydrogen-bond donors (Lipinski definition) is 1. The summed E-state index contributed by atoms with van der Waals surface area (Å²) in [4.78, 5) is 0. The third kappa shape index (κ3) is 6.95. The van der Waals surface area contributed by atoms with Crippen molar-refractivity contribution in [3.05, 3.63) is 46.6 Å². The number of aliphatic hydroxyl groups excluding tert-OH is 1. The molecule has 1 aliphatic carbocycles. The van der Waals surface area contributed by atoms with Crippen molar-refractivity contribution in [2.45, 2.75) is 72.8 Å².